The average molecular weight is 556 g/mol. The van der Waals surface area contributed by atoms with Crippen LogP contribution in [0.25, 0.3) is 0 Å². The van der Waals surface area contributed by atoms with E-state index in [9.17, 15) is 37.2 Å². The zero-order chi connectivity index (χ0) is 28.9. The number of rotatable bonds is 17. The molecule has 0 heterocycles. The highest BCUT2D eigenvalue weighted by molar-refractivity contribution is 7.89. The first-order valence-electron chi connectivity index (χ1n) is 11.4. The van der Waals surface area contributed by atoms with E-state index >= 15 is 0 Å². The molecule has 0 spiro atoms. The summed E-state index contributed by atoms with van der Waals surface area (Å²) in [6, 6.07) is 3.45. The molecule has 8 N–H and O–H groups in total. The van der Waals surface area contributed by atoms with Gasteiger partial charge >= 0.3 is 0 Å². The molecule has 0 aliphatic heterocycles. The molecule has 0 radical (unpaired) electrons. The van der Waals surface area contributed by atoms with Crippen LogP contribution in [0.1, 0.15) is 18.4 Å². The predicted octanol–water partition coefficient (Wildman–Crippen LogP) is -3.76. The largest absolute Gasteiger partial charge is 0.370 e. The summed E-state index contributed by atoms with van der Waals surface area (Å²) in [5.41, 5.74) is 11.1. The third-order valence-electron chi connectivity index (χ3n) is 5.11. The van der Waals surface area contributed by atoms with Gasteiger partial charge in [-0.25, -0.2) is 8.42 Å². The van der Waals surface area contributed by atoms with Gasteiger partial charge in [0.1, 0.15) is 12.3 Å². The van der Waals surface area contributed by atoms with Crippen molar-refractivity contribution >= 4 is 45.8 Å². The molecule has 1 aromatic carbocycles. The highest BCUT2D eigenvalue weighted by Gasteiger charge is 2.29. The van der Waals surface area contributed by atoms with Gasteiger partial charge in [-0.2, -0.15) is 4.31 Å². The highest BCUT2D eigenvalue weighted by atomic mass is 32.2. The molecule has 0 saturated carbocycles. The molecule has 0 saturated heterocycles. The number of nitrogens with two attached hydrogens (primary N) is 2. The molecular formula is C22H33N7O8S. The van der Waals surface area contributed by atoms with Crippen LogP contribution in [0, 0.1) is 6.92 Å². The van der Waals surface area contributed by atoms with E-state index in [1.807, 2.05) is 0 Å². The lowest BCUT2D eigenvalue weighted by atomic mass is 10.1. The standard InChI is InChI=1S/C22H33N7O8S/c1-14-3-5-15(6-4-14)38(36,37)29(9-10-30)13-20(33)28-17(12-19(24)32)22(35)27-8-7-26-21(34)16(25-2)11-18(23)31/h3-6,10,16-17,25H,7-9,11-13H2,1-2H3,(H2,23,31)(H2,24,32)(H,26,34)(H,27,35)(H,28,33)/t16-,17+/m1/s1. The van der Waals surface area contributed by atoms with E-state index < -0.39 is 71.2 Å². The van der Waals surface area contributed by atoms with Crippen molar-refractivity contribution in [2.24, 2.45) is 11.5 Å². The van der Waals surface area contributed by atoms with Gasteiger partial charge in [0.15, 0.2) is 0 Å². The number of nitrogens with zero attached hydrogens (tertiary/aromatic N) is 1. The Labute approximate surface area is 220 Å². The molecule has 1 aromatic rings. The summed E-state index contributed by atoms with van der Waals surface area (Å²) in [6.45, 7) is 0.161. The van der Waals surface area contributed by atoms with Crippen LogP contribution in [0.4, 0.5) is 0 Å². The number of hydrogen-bond acceptors (Lipinski definition) is 9. The number of aldehydes is 1. The maximum absolute atomic E-state index is 12.9. The van der Waals surface area contributed by atoms with E-state index in [1.165, 1.54) is 19.2 Å². The summed E-state index contributed by atoms with van der Waals surface area (Å²) < 4.78 is 26.4. The van der Waals surface area contributed by atoms with E-state index in [1.54, 1.807) is 19.1 Å². The number of likely N-dealkylation sites (N-methyl/N-ethyl adjacent to an activating group) is 1. The van der Waals surface area contributed by atoms with E-state index in [0.29, 0.717) is 10.6 Å². The Morgan fingerprint density at radius 1 is 0.921 bits per heavy atom. The predicted molar refractivity (Wildman–Crippen MR) is 134 cm³/mol. The van der Waals surface area contributed by atoms with Gasteiger partial charge in [0.25, 0.3) is 0 Å². The maximum atomic E-state index is 12.9. The number of sulfonamides is 1. The summed E-state index contributed by atoms with van der Waals surface area (Å²) in [5, 5.41) is 9.76. The molecule has 5 amide bonds. The molecule has 0 aliphatic rings. The minimum absolute atomic E-state index is 0.0549. The molecule has 38 heavy (non-hydrogen) atoms. The third kappa shape index (κ3) is 10.6. The second-order valence-corrected chi connectivity index (χ2v) is 10.1. The van der Waals surface area contributed by atoms with Crippen molar-refractivity contribution < 1.29 is 37.2 Å². The average Bonchev–Trinajstić information content (AvgIpc) is 2.84. The van der Waals surface area contributed by atoms with Crippen LogP contribution in [0.2, 0.25) is 0 Å². The Hall–Kier alpha value is -3.89. The minimum Gasteiger partial charge on any atom is -0.370 e. The number of benzene rings is 1. The first-order valence-corrected chi connectivity index (χ1v) is 12.8. The minimum atomic E-state index is -4.22. The monoisotopic (exact) mass is 555 g/mol. The molecule has 1 rings (SSSR count). The van der Waals surface area contributed by atoms with Crippen LogP contribution in [0.3, 0.4) is 0 Å². The number of hydrogen-bond donors (Lipinski definition) is 6. The second-order valence-electron chi connectivity index (χ2n) is 8.16. The first kappa shape index (κ1) is 32.1. The second kappa shape index (κ2) is 15.4. The third-order valence-corrected chi connectivity index (χ3v) is 6.93. The van der Waals surface area contributed by atoms with Gasteiger partial charge in [-0.1, -0.05) is 17.7 Å². The van der Waals surface area contributed by atoms with Crippen LogP contribution < -0.4 is 32.7 Å². The van der Waals surface area contributed by atoms with Crippen LogP contribution in [-0.2, 0) is 38.8 Å². The van der Waals surface area contributed by atoms with Crippen LogP contribution in [0.15, 0.2) is 29.2 Å². The Balaban J connectivity index is 2.80. The zero-order valence-electron chi connectivity index (χ0n) is 21.1. The van der Waals surface area contributed by atoms with Gasteiger partial charge in [0, 0.05) is 13.1 Å². The molecule has 0 aromatic heterocycles. The molecular weight excluding hydrogens is 522 g/mol. The molecule has 0 fully saturated rings. The molecule has 16 heteroatoms. The molecule has 210 valence electrons. The van der Waals surface area contributed by atoms with Gasteiger partial charge in [-0.15, -0.1) is 0 Å². The van der Waals surface area contributed by atoms with E-state index in [2.05, 4.69) is 21.3 Å². The van der Waals surface area contributed by atoms with Crippen molar-refractivity contribution in [2.45, 2.75) is 36.7 Å². The molecule has 2 atom stereocenters. The molecule has 0 unspecified atom stereocenters. The van der Waals surface area contributed by atoms with Crippen molar-refractivity contribution in [3.8, 4) is 0 Å². The van der Waals surface area contributed by atoms with Crippen molar-refractivity contribution in [2.75, 3.05) is 33.2 Å². The Kier molecular flexibility index (Phi) is 13.0. The summed E-state index contributed by atoms with van der Waals surface area (Å²) in [5.74, 6) is -3.92. The number of carbonyl (C=O) groups excluding carboxylic acids is 6. The van der Waals surface area contributed by atoms with Gasteiger partial charge in [-0.05, 0) is 26.1 Å². The van der Waals surface area contributed by atoms with Gasteiger partial charge in [-0.3, -0.25) is 24.0 Å². The summed E-state index contributed by atoms with van der Waals surface area (Å²) >= 11 is 0. The summed E-state index contributed by atoms with van der Waals surface area (Å²) in [4.78, 5) is 70.6. The van der Waals surface area contributed by atoms with E-state index in [4.69, 9.17) is 11.5 Å². The van der Waals surface area contributed by atoms with Crippen molar-refractivity contribution in [3.05, 3.63) is 29.8 Å². The van der Waals surface area contributed by atoms with Crippen molar-refractivity contribution in [1.29, 1.82) is 0 Å². The zero-order valence-corrected chi connectivity index (χ0v) is 21.9. The first-order chi connectivity index (χ1) is 17.8. The molecule has 0 bridgehead atoms. The number of nitrogens with one attached hydrogen (secondary N) is 4. The fourth-order valence-corrected chi connectivity index (χ4v) is 4.47. The lowest BCUT2D eigenvalue weighted by Crippen LogP contribution is -2.53. The number of primary amides is 2. The van der Waals surface area contributed by atoms with Gasteiger partial charge in [0.2, 0.25) is 39.6 Å². The molecule has 15 nitrogen and oxygen atoms in total. The lowest BCUT2D eigenvalue weighted by Gasteiger charge is -2.22. The summed E-state index contributed by atoms with van der Waals surface area (Å²) in [6.07, 6.45) is -0.520. The summed E-state index contributed by atoms with van der Waals surface area (Å²) in [7, 11) is -2.76. The SMILES string of the molecule is CN[C@H](CC(N)=O)C(=O)NCCNC(=O)[C@H](CC(N)=O)NC(=O)CN(CC=O)S(=O)(=O)c1ccc(C)cc1. The lowest BCUT2D eigenvalue weighted by molar-refractivity contribution is -0.131. The fraction of sp³-hybridized carbons (Fsp3) is 0.455. The van der Waals surface area contributed by atoms with Crippen molar-refractivity contribution in [1.82, 2.24) is 25.6 Å². The van der Waals surface area contributed by atoms with E-state index in [-0.39, 0.29) is 24.4 Å². The highest BCUT2D eigenvalue weighted by Crippen LogP contribution is 2.16. The molecule has 0 aliphatic carbocycles. The fourth-order valence-electron chi connectivity index (χ4n) is 3.15. The van der Waals surface area contributed by atoms with Crippen LogP contribution >= 0.6 is 0 Å². The van der Waals surface area contributed by atoms with Crippen molar-refractivity contribution in [3.63, 3.8) is 0 Å². The maximum Gasteiger partial charge on any atom is 0.243 e. The number of aryl methyl sites for hydroxylation is 1. The Morgan fingerprint density at radius 2 is 1.42 bits per heavy atom. The topological polar surface area (TPSA) is 240 Å². The quantitative estimate of drug-likeness (QED) is 0.0815. The van der Waals surface area contributed by atoms with E-state index in [0.717, 1.165) is 5.56 Å². The number of amides is 5. The Morgan fingerprint density at radius 3 is 1.89 bits per heavy atom. The Bertz CT molecular complexity index is 1130. The van der Waals surface area contributed by atoms with Crippen LogP contribution in [-0.4, -0.2) is 93.9 Å². The van der Waals surface area contributed by atoms with Crippen LogP contribution in [0.5, 0.6) is 0 Å². The van der Waals surface area contributed by atoms with Gasteiger partial charge in [0.05, 0.1) is 36.9 Å². The number of carbonyl (C=O) groups is 6. The van der Waals surface area contributed by atoms with Gasteiger partial charge < -0.3 is 37.5 Å². The smallest absolute Gasteiger partial charge is 0.243 e. The normalized spacial score (nSPS) is 12.7.